The molecule has 2 aliphatic rings. The zero-order chi connectivity index (χ0) is 20.2. The van der Waals surface area contributed by atoms with Gasteiger partial charge in [0.2, 0.25) is 0 Å². The van der Waals surface area contributed by atoms with Gasteiger partial charge in [0.1, 0.15) is 0 Å². The van der Waals surface area contributed by atoms with E-state index in [0.717, 1.165) is 5.48 Å². The molecule has 0 amide bonds. The summed E-state index contributed by atoms with van der Waals surface area (Å²) in [4.78, 5) is 0. The first kappa shape index (κ1) is 19.7. The van der Waals surface area contributed by atoms with Gasteiger partial charge in [0.15, 0.2) is 0 Å². The maximum atomic E-state index is 6.50. The molecular weight excluding hydrogens is 410 g/mol. The van der Waals surface area contributed by atoms with Crippen LogP contribution in [0.15, 0.2) is 48.5 Å². The molecule has 0 aliphatic carbocycles. The molecule has 5 nitrogen and oxygen atoms in total. The summed E-state index contributed by atoms with van der Waals surface area (Å²) in [6.45, 7) is 12.9. The van der Waals surface area contributed by atoms with E-state index in [4.69, 9.17) is 22.5 Å². The fourth-order valence-corrected chi connectivity index (χ4v) is 11.3. The van der Waals surface area contributed by atoms with E-state index in [1.165, 1.54) is 0 Å². The fourth-order valence-electron chi connectivity index (χ4n) is 2.82. The molecule has 8 heteroatoms. The molecule has 2 aliphatic heterocycles. The van der Waals surface area contributed by atoms with Crippen LogP contribution in [0.4, 0.5) is 0 Å². The second kappa shape index (κ2) is 6.21. The Kier molecular flexibility index (Phi) is 4.37. The van der Waals surface area contributed by atoms with E-state index < -0.39 is 15.5 Å². The Morgan fingerprint density at radius 2 is 1.14 bits per heavy atom. The van der Waals surface area contributed by atoms with E-state index in [1.807, 2.05) is 48.5 Å². The molecule has 0 saturated carbocycles. The van der Waals surface area contributed by atoms with Crippen molar-refractivity contribution < 1.29 is 22.5 Å². The summed E-state index contributed by atoms with van der Waals surface area (Å²) in [6, 6.07) is 15.1. The minimum absolute atomic E-state index is 0.239. The third-order valence-corrected chi connectivity index (χ3v) is 10.8. The number of benzene rings is 2. The standard InChI is InChI=1S/C20H26O5P2Si/c1-20(2,3)19(25-28(4,5)6)26-27(21-15-11-7-8-12-16(15)22-27)23-17-13-9-10-14-18(17)24-27/h7-14H,1-6H3. The van der Waals surface area contributed by atoms with Gasteiger partial charge in [-0.2, -0.15) is 0 Å². The molecule has 0 bridgehead atoms. The van der Waals surface area contributed by atoms with Crippen LogP contribution < -0.4 is 18.1 Å². The van der Waals surface area contributed by atoms with Crippen molar-refractivity contribution in [2.45, 2.75) is 40.4 Å². The molecule has 28 heavy (non-hydrogen) atoms. The number of rotatable bonds is 3. The van der Waals surface area contributed by atoms with Crippen LogP contribution in [-0.2, 0) is 4.43 Å². The van der Waals surface area contributed by atoms with Crippen molar-refractivity contribution in [3.8, 4) is 23.0 Å². The second-order valence-electron chi connectivity index (χ2n) is 8.90. The Balaban J connectivity index is 1.89. The molecule has 0 N–H and O–H groups in total. The molecule has 2 heterocycles. The van der Waals surface area contributed by atoms with Crippen LogP contribution in [0.25, 0.3) is 0 Å². The molecular formula is C20H26O5P2Si. The van der Waals surface area contributed by atoms with Gasteiger partial charge < -0.3 is 0 Å². The average molecular weight is 436 g/mol. The summed E-state index contributed by atoms with van der Waals surface area (Å²) in [7, 11) is -5.30. The molecule has 1 spiro atoms. The molecule has 2 aromatic rings. The third-order valence-electron chi connectivity index (χ3n) is 4.00. The van der Waals surface area contributed by atoms with Crippen molar-refractivity contribution >= 4 is 28.9 Å². The first-order chi connectivity index (χ1) is 13.0. The van der Waals surface area contributed by atoms with Crippen LogP contribution in [0.2, 0.25) is 19.6 Å². The molecule has 0 aromatic heterocycles. The summed E-state index contributed by atoms with van der Waals surface area (Å²) < 4.78 is 32.2. The van der Waals surface area contributed by atoms with Gasteiger partial charge in [0.25, 0.3) is 0 Å². The molecule has 0 saturated heterocycles. The Morgan fingerprint density at radius 1 is 0.786 bits per heavy atom. The monoisotopic (exact) mass is 436 g/mol. The second-order valence-corrected chi connectivity index (χ2v) is 18.8. The van der Waals surface area contributed by atoms with Crippen LogP contribution in [0, 0.1) is 5.41 Å². The van der Waals surface area contributed by atoms with Gasteiger partial charge in [-0.25, -0.2) is 0 Å². The first-order valence-corrected chi connectivity index (χ1v) is 16.2. The Hall–Kier alpha value is -1.58. The van der Waals surface area contributed by atoms with Gasteiger partial charge in [-0.15, -0.1) is 0 Å². The summed E-state index contributed by atoms with van der Waals surface area (Å²) in [5.41, 5.74) is 0.613. The Bertz CT molecular complexity index is 849. The van der Waals surface area contributed by atoms with Gasteiger partial charge in [-0.05, 0) is 0 Å². The van der Waals surface area contributed by atoms with Crippen molar-refractivity contribution in [2.24, 2.45) is 5.41 Å². The van der Waals surface area contributed by atoms with Crippen molar-refractivity contribution in [2.75, 3.05) is 0 Å². The number of hydrogen-bond acceptors (Lipinski definition) is 5. The van der Waals surface area contributed by atoms with E-state index >= 15 is 0 Å². The molecule has 0 atom stereocenters. The van der Waals surface area contributed by atoms with E-state index in [2.05, 4.69) is 40.4 Å². The number of hydrogen-bond donors (Lipinski definition) is 0. The Morgan fingerprint density at radius 3 is 1.43 bits per heavy atom. The fraction of sp³-hybridized carbons (Fsp3) is 0.350. The van der Waals surface area contributed by atoms with Gasteiger partial charge >= 0.3 is 169 Å². The molecule has 4 rings (SSSR count). The SMILES string of the molecule is CC(C)(C)C(O[Si](C)(C)C)=PP12(Oc3ccccc3O1)Oc1ccccc1O2. The molecule has 0 unspecified atom stereocenters. The van der Waals surface area contributed by atoms with Gasteiger partial charge in [-0.1, -0.05) is 0 Å². The van der Waals surface area contributed by atoms with Crippen LogP contribution in [0.3, 0.4) is 0 Å². The van der Waals surface area contributed by atoms with Crippen LogP contribution in [0.1, 0.15) is 20.8 Å². The zero-order valence-electron chi connectivity index (χ0n) is 17.1. The average Bonchev–Trinajstić information content (AvgIpc) is 3.05. The summed E-state index contributed by atoms with van der Waals surface area (Å²) >= 11 is 0. The normalized spacial score (nSPS) is 20.6. The van der Waals surface area contributed by atoms with E-state index in [0.29, 0.717) is 30.9 Å². The van der Waals surface area contributed by atoms with Crippen molar-refractivity contribution in [3.05, 3.63) is 48.5 Å². The predicted molar refractivity (Wildman–Crippen MR) is 118 cm³/mol. The summed E-state index contributed by atoms with van der Waals surface area (Å²) in [6.07, 6.45) is 0. The van der Waals surface area contributed by atoms with E-state index in [1.54, 1.807) is 0 Å². The summed E-state index contributed by atoms with van der Waals surface area (Å²) in [5.74, 6) is 2.51. The van der Waals surface area contributed by atoms with E-state index in [-0.39, 0.29) is 5.41 Å². The molecule has 150 valence electrons. The van der Waals surface area contributed by atoms with Gasteiger partial charge in [-0.3, -0.25) is 0 Å². The summed E-state index contributed by atoms with van der Waals surface area (Å²) in [5, 5.41) is 0. The minimum atomic E-state index is -4.07. The molecule has 2 aromatic carbocycles. The van der Waals surface area contributed by atoms with Crippen molar-refractivity contribution in [3.63, 3.8) is 0 Å². The Labute approximate surface area is 169 Å². The zero-order valence-corrected chi connectivity index (χ0v) is 19.8. The molecule has 0 radical (unpaired) electrons. The van der Waals surface area contributed by atoms with Crippen LogP contribution in [0.5, 0.6) is 23.0 Å². The number of fused-ring (bicyclic) bond motifs is 2. The van der Waals surface area contributed by atoms with Crippen molar-refractivity contribution in [1.29, 1.82) is 0 Å². The molecule has 0 fully saturated rings. The quantitative estimate of drug-likeness (QED) is 0.382. The first-order valence-electron chi connectivity index (χ1n) is 9.28. The van der Waals surface area contributed by atoms with Crippen LogP contribution in [-0.4, -0.2) is 13.8 Å². The number of para-hydroxylation sites is 4. The van der Waals surface area contributed by atoms with Gasteiger partial charge in [0, 0.05) is 0 Å². The topological polar surface area (TPSA) is 46.2 Å². The van der Waals surface area contributed by atoms with Crippen molar-refractivity contribution in [1.82, 2.24) is 0 Å². The van der Waals surface area contributed by atoms with Gasteiger partial charge in [0.05, 0.1) is 0 Å². The third kappa shape index (κ3) is 3.55. The van der Waals surface area contributed by atoms with Crippen LogP contribution >= 0.6 is 15.1 Å². The predicted octanol–water partition coefficient (Wildman–Crippen LogP) is 7.03. The van der Waals surface area contributed by atoms with E-state index in [9.17, 15) is 0 Å². The maximum absolute atomic E-state index is 6.50.